The number of hydrogen-bond acceptors (Lipinski definition) is 4. The van der Waals surface area contributed by atoms with E-state index >= 15 is 0 Å². The average molecular weight is 447 g/mol. The van der Waals surface area contributed by atoms with Crippen LogP contribution in [0.15, 0.2) is 65.8 Å². The van der Waals surface area contributed by atoms with Crippen LogP contribution in [0.2, 0.25) is 5.15 Å². The Morgan fingerprint density at radius 3 is 2.70 bits per heavy atom. The number of aromatic nitrogens is 5. The third-order valence-electron chi connectivity index (χ3n) is 3.78. The van der Waals surface area contributed by atoms with Crippen LogP contribution >= 0.6 is 27.5 Å². The number of carbonyl (C=O) groups excluding carboxylic acids is 1. The van der Waals surface area contributed by atoms with Crippen molar-refractivity contribution in [1.82, 2.24) is 24.3 Å². The molecule has 4 rings (SSSR count). The van der Waals surface area contributed by atoms with E-state index in [2.05, 4.69) is 31.0 Å². The number of benzene rings is 1. The molecular weight excluding hydrogens is 437 g/mol. The molecule has 1 aromatic carbocycles. The van der Waals surface area contributed by atoms with Crippen molar-refractivity contribution in [1.29, 1.82) is 0 Å². The van der Waals surface area contributed by atoms with Crippen LogP contribution in [0.5, 0.6) is 0 Å². The molecule has 0 saturated carbocycles. The Bertz CT molecular complexity index is 1120. The maximum Gasteiger partial charge on any atom is 0.283 e. The Morgan fingerprint density at radius 2 is 2.00 bits per heavy atom. The van der Waals surface area contributed by atoms with Crippen molar-refractivity contribution in [3.63, 3.8) is 0 Å². The molecule has 6 nitrogen and oxygen atoms in total. The number of pyridine rings is 1. The molecule has 27 heavy (non-hydrogen) atoms. The van der Waals surface area contributed by atoms with Crippen LogP contribution in [-0.4, -0.2) is 30.2 Å². The molecule has 0 N–H and O–H groups in total. The fraction of sp³-hybridized carbons (Fsp3) is 0. The minimum Gasteiger partial charge on any atom is -0.271 e. The van der Waals surface area contributed by atoms with Crippen LogP contribution in [0.3, 0.4) is 0 Å². The van der Waals surface area contributed by atoms with E-state index in [1.807, 2.05) is 0 Å². The molecule has 0 aliphatic heterocycles. The molecule has 3 heterocycles. The maximum absolute atomic E-state index is 13.9. The van der Waals surface area contributed by atoms with Gasteiger partial charge in [0, 0.05) is 34.7 Å². The van der Waals surface area contributed by atoms with Crippen molar-refractivity contribution in [2.75, 3.05) is 0 Å². The normalized spacial score (nSPS) is 10.9. The number of rotatable bonds is 3. The van der Waals surface area contributed by atoms with Crippen LogP contribution in [0.4, 0.5) is 4.39 Å². The molecule has 0 saturated heterocycles. The largest absolute Gasteiger partial charge is 0.283 e. The van der Waals surface area contributed by atoms with Crippen molar-refractivity contribution in [2.45, 2.75) is 0 Å². The number of nitrogens with zero attached hydrogens (tertiary/aromatic N) is 5. The molecule has 0 spiro atoms. The zero-order valence-electron chi connectivity index (χ0n) is 13.6. The number of carbonyl (C=O) groups is 1. The Morgan fingerprint density at radius 1 is 1.15 bits per heavy atom. The third kappa shape index (κ3) is 3.54. The van der Waals surface area contributed by atoms with Crippen molar-refractivity contribution in [2.24, 2.45) is 0 Å². The van der Waals surface area contributed by atoms with Crippen molar-refractivity contribution in [3.8, 4) is 16.9 Å². The van der Waals surface area contributed by atoms with E-state index in [0.29, 0.717) is 21.4 Å². The minimum absolute atomic E-state index is 0.177. The molecule has 0 unspecified atom stereocenters. The van der Waals surface area contributed by atoms with E-state index in [0.717, 1.165) is 0 Å². The van der Waals surface area contributed by atoms with Crippen molar-refractivity contribution in [3.05, 3.63) is 82.5 Å². The van der Waals surface area contributed by atoms with Crippen LogP contribution in [-0.2, 0) is 0 Å². The molecule has 0 radical (unpaired) electrons. The van der Waals surface area contributed by atoms with E-state index in [9.17, 15) is 9.18 Å². The first-order chi connectivity index (χ1) is 13.0. The minimum atomic E-state index is -0.414. The van der Waals surface area contributed by atoms with Gasteiger partial charge in [-0.25, -0.2) is 19.0 Å². The molecule has 0 aliphatic rings. The van der Waals surface area contributed by atoms with Gasteiger partial charge in [0.25, 0.3) is 5.91 Å². The molecule has 0 fully saturated rings. The van der Waals surface area contributed by atoms with E-state index in [1.165, 1.54) is 46.3 Å². The first-order valence-corrected chi connectivity index (χ1v) is 8.89. The van der Waals surface area contributed by atoms with Crippen LogP contribution in [0.25, 0.3) is 16.9 Å². The topological polar surface area (TPSA) is 65.6 Å². The summed E-state index contributed by atoms with van der Waals surface area (Å²) in [5.74, 6) is -0.773. The Balaban J connectivity index is 1.91. The highest BCUT2D eigenvalue weighted by molar-refractivity contribution is 9.10. The second kappa shape index (κ2) is 7.05. The summed E-state index contributed by atoms with van der Waals surface area (Å²) in [6.45, 7) is 0. The van der Waals surface area contributed by atoms with E-state index in [4.69, 9.17) is 11.6 Å². The van der Waals surface area contributed by atoms with Gasteiger partial charge in [0.05, 0.1) is 11.4 Å². The highest BCUT2D eigenvalue weighted by Crippen LogP contribution is 2.28. The average Bonchev–Trinajstić information content (AvgIpc) is 3.30. The van der Waals surface area contributed by atoms with E-state index < -0.39 is 5.82 Å². The van der Waals surface area contributed by atoms with Gasteiger partial charge in [-0.05, 0) is 30.3 Å². The summed E-state index contributed by atoms with van der Waals surface area (Å²) in [6.07, 6.45) is 5.95. The van der Waals surface area contributed by atoms with Gasteiger partial charge in [-0.3, -0.25) is 9.36 Å². The summed E-state index contributed by atoms with van der Waals surface area (Å²) in [5.41, 5.74) is 1.85. The van der Waals surface area contributed by atoms with Gasteiger partial charge in [-0.15, -0.1) is 0 Å². The predicted molar refractivity (Wildman–Crippen MR) is 101 cm³/mol. The standard InChI is InChI=1S/C18H10BrClFN5O/c19-12-5-11(6-13(21)7-12)16-9-15(18(27)25-4-3-22-10-25)24-26(16)14-1-2-23-17(20)8-14/h1-10H. The summed E-state index contributed by atoms with van der Waals surface area (Å²) in [4.78, 5) is 20.5. The molecule has 0 atom stereocenters. The summed E-state index contributed by atoms with van der Waals surface area (Å²) in [7, 11) is 0. The third-order valence-corrected chi connectivity index (χ3v) is 4.44. The molecule has 134 valence electrons. The lowest BCUT2D eigenvalue weighted by molar-refractivity contribution is 0.0954. The lowest BCUT2D eigenvalue weighted by Gasteiger charge is -2.08. The fourth-order valence-electron chi connectivity index (χ4n) is 2.63. The summed E-state index contributed by atoms with van der Waals surface area (Å²) < 4.78 is 17.3. The Kier molecular flexibility index (Phi) is 4.59. The summed E-state index contributed by atoms with van der Waals surface area (Å²) >= 11 is 9.28. The first kappa shape index (κ1) is 17.6. The SMILES string of the molecule is O=C(c1cc(-c2cc(F)cc(Br)c2)n(-c2ccnc(Cl)c2)n1)n1ccnc1. The van der Waals surface area contributed by atoms with Gasteiger partial charge in [0.1, 0.15) is 17.3 Å². The van der Waals surface area contributed by atoms with E-state index in [-0.39, 0.29) is 16.8 Å². The van der Waals surface area contributed by atoms with Crippen LogP contribution < -0.4 is 0 Å². The van der Waals surface area contributed by atoms with E-state index in [1.54, 1.807) is 24.3 Å². The highest BCUT2D eigenvalue weighted by atomic mass is 79.9. The van der Waals surface area contributed by atoms with Crippen molar-refractivity contribution < 1.29 is 9.18 Å². The highest BCUT2D eigenvalue weighted by Gasteiger charge is 2.19. The number of halogens is 3. The first-order valence-electron chi connectivity index (χ1n) is 7.72. The fourth-order valence-corrected chi connectivity index (χ4v) is 3.26. The van der Waals surface area contributed by atoms with Crippen LogP contribution in [0.1, 0.15) is 10.5 Å². The lowest BCUT2D eigenvalue weighted by Crippen LogP contribution is -2.11. The zero-order chi connectivity index (χ0) is 19.0. The summed E-state index contributed by atoms with van der Waals surface area (Å²) in [6, 6.07) is 9.36. The number of imidazole rings is 1. The second-order valence-electron chi connectivity index (χ2n) is 5.60. The predicted octanol–water partition coefficient (Wildman–Crippen LogP) is 4.37. The zero-order valence-corrected chi connectivity index (χ0v) is 15.9. The van der Waals surface area contributed by atoms with Gasteiger partial charge in [-0.1, -0.05) is 27.5 Å². The Hall–Kier alpha value is -2.84. The second-order valence-corrected chi connectivity index (χ2v) is 6.90. The smallest absolute Gasteiger partial charge is 0.271 e. The quantitative estimate of drug-likeness (QED) is 0.438. The molecule has 0 amide bonds. The molecule has 4 aromatic rings. The van der Waals surface area contributed by atoms with Gasteiger partial charge in [0.15, 0.2) is 5.69 Å². The van der Waals surface area contributed by atoms with Gasteiger partial charge < -0.3 is 0 Å². The lowest BCUT2D eigenvalue weighted by atomic mass is 10.1. The Labute approximate surface area is 166 Å². The molecule has 0 bridgehead atoms. The van der Waals surface area contributed by atoms with Crippen LogP contribution in [0, 0.1) is 5.82 Å². The number of hydrogen-bond donors (Lipinski definition) is 0. The van der Waals surface area contributed by atoms with Gasteiger partial charge in [-0.2, -0.15) is 5.10 Å². The van der Waals surface area contributed by atoms with Gasteiger partial charge >= 0.3 is 0 Å². The van der Waals surface area contributed by atoms with Crippen molar-refractivity contribution >= 4 is 33.4 Å². The molecule has 3 aromatic heterocycles. The molecule has 0 aliphatic carbocycles. The molecular formula is C18H10BrClFN5O. The molecule has 9 heteroatoms. The maximum atomic E-state index is 13.9. The van der Waals surface area contributed by atoms with Gasteiger partial charge in [0.2, 0.25) is 0 Å². The monoisotopic (exact) mass is 445 g/mol. The summed E-state index contributed by atoms with van der Waals surface area (Å²) in [5, 5.41) is 4.68.